The Labute approximate surface area is 213 Å². The number of aromatic nitrogens is 2. The third kappa shape index (κ3) is 5.41. The van der Waals surface area contributed by atoms with Crippen molar-refractivity contribution in [2.75, 3.05) is 11.4 Å². The molecule has 0 unspecified atom stereocenters. The van der Waals surface area contributed by atoms with Gasteiger partial charge in [-0.15, -0.1) is 0 Å². The third-order valence-electron chi connectivity index (χ3n) is 6.93. The summed E-state index contributed by atoms with van der Waals surface area (Å²) in [7, 11) is 0. The number of hydrogen-bond acceptors (Lipinski definition) is 5. The summed E-state index contributed by atoms with van der Waals surface area (Å²) in [5, 5.41) is 8.92. The molecular formula is C29H25F3N4O. The van der Waals surface area contributed by atoms with Crippen molar-refractivity contribution in [2.24, 2.45) is 0 Å². The van der Waals surface area contributed by atoms with Gasteiger partial charge in [-0.2, -0.15) is 18.4 Å². The zero-order chi connectivity index (χ0) is 26.0. The van der Waals surface area contributed by atoms with Crippen molar-refractivity contribution >= 4 is 17.7 Å². The minimum absolute atomic E-state index is 0.00235. The van der Waals surface area contributed by atoms with Gasteiger partial charge in [0.1, 0.15) is 5.82 Å². The smallest absolute Gasteiger partial charge is 0.346 e. The molecule has 2 aliphatic rings. The zero-order valence-corrected chi connectivity index (χ0v) is 20.1. The number of nitrogens with zero attached hydrogens (tertiary/aromatic N) is 4. The molecule has 1 atom stereocenters. The second-order valence-corrected chi connectivity index (χ2v) is 9.43. The molecule has 1 fully saturated rings. The molecule has 0 spiro atoms. The second kappa shape index (κ2) is 10.2. The zero-order valence-electron chi connectivity index (χ0n) is 20.1. The Morgan fingerprint density at radius 1 is 1.11 bits per heavy atom. The maximum atomic E-state index is 13.8. The number of Topliss-reactive ketones (excluding diaryl/α,β-unsaturated/α-hetero) is 1. The second-order valence-electron chi connectivity index (χ2n) is 9.43. The van der Waals surface area contributed by atoms with E-state index in [4.69, 9.17) is 5.26 Å². The van der Waals surface area contributed by atoms with Gasteiger partial charge in [0.25, 0.3) is 0 Å². The number of carbonyl (C=O) groups excluding carboxylic acids is 1. The van der Waals surface area contributed by atoms with Crippen LogP contribution in [-0.2, 0) is 23.8 Å². The van der Waals surface area contributed by atoms with E-state index in [1.807, 2.05) is 36.4 Å². The highest BCUT2D eigenvalue weighted by Gasteiger charge is 2.38. The van der Waals surface area contributed by atoms with Crippen LogP contribution in [0.3, 0.4) is 0 Å². The number of ketones is 1. The van der Waals surface area contributed by atoms with Gasteiger partial charge in [0.2, 0.25) is 5.82 Å². The molecule has 0 saturated carbocycles. The molecule has 2 heterocycles. The van der Waals surface area contributed by atoms with E-state index in [1.165, 1.54) is 0 Å². The molecule has 8 heteroatoms. The monoisotopic (exact) mass is 502 g/mol. The highest BCUT2D eigenvalue weighted by atomic mass is 19.4. The number of carbonyl (C=O) groups is 1. The first kappa shape index (κ1) is 24.7. The highest BCUT2D eigenvalue weighted by Crippen LogP contribution is 2.34. The van der Waals surface area contributed by atoms with Gasteiger partial charge in [-0.05, 0) is 67.0 Å². The fraction of sp³-hybridized carbons (Fsp3) is 0.310. The van der Waals surface area contributed by atoms with Gasteiger partial charge in [-0.25, -0.2) is 9.97 Å². The van der Waals surface area contributed by atoms with E-state index < -0.39 is 18.0 Å². The van der Waals surface area contributed by atoms with Crippen molar-refractivity contribution in [3.8, 4) is 17.3 Å². The molecule has 5 rings (SSSR count). The molecule has 1 aliphatic carbocycles. The van der Waals surface area contributed by atoms with E-state index in [9.17, 15) is 18.0 Å². The molecule has 2 aromatic carbocycles. The number of hydrogen-bond donors (Lipinski definition) is 0. The van der Waals surface area contributed by atoms with Gasteiger partial charge in [0.15, 0.2) is 5.78 Å². The Morgan fingerprint density at radius 3 is 2.68 bits per heavy atom. The quantitative estimate of drug-likeness (QED) is 0.387. The van der Waals surface area contributed by atoms with E-state index in [1.54, 1.807) is 29.2 Å². The SMILES string of the molecule is N#Cc1ccc(CCCC(=O)[C@@H]2CCCN2c2cc(-c3ccc4c(c3)C=CC4)nc(C(F)(F)F)n2)cc1. The first-order valence-corrected chi connectivity index (χ1v) is 12.4. The average molecular weight is 503 g/mol. The van der Waals surface area contributed by atoms with Crippen molar-refractivity contribution in [1.82, 2.24) is 9.97 Å². The highest BCUT2D eigenvalue weighted by molar-refractivity contribution is 5.87. The molecule has 0 bridgehead atoms. The Morgan fingerprint density at radius 2 is 1.92 bits per heavy atom. The molecule has 37 heavy (non-hydrogen) atoms. The molecule has 0 radical (unpaired) electrons. The summed E-state index contributed by atoms with van der Waals surface area (Å²) in [6, 6.07) is 15.9. The maximum absolute atomic E-state index is 13.8. The van der Waals surface area contributed by atoms with Gasteiger partial charge in [0.05, 0.1) is 23.4 Å². The Balaban J connectivity index is 1.36. The van der Waals surface area contributed by atoms with Crippen LogP contribution in [0.1, 0.15) is 53.8 Å². The number of aryl methyl sites for hydroxylation is 1. The van der Waals surface area contributed by atoms with E-state index in [-0.39, 0.29) is 17.3 Å². The van der Waals surface area contributed by atoms with Crippen molar-refractivity contribution in [3.05, 3.63) is 82.7 Å². The topological polar surface area (TPSA) is 69.9 Å². The van der Waals surface area contributed by atoms with Gasteiger partial charge in [-0.1, -0.05) is 36.4 Å². The molecule has 3 aromatic rings. The van der Waals surface area contributed by atoms with Crippen LogP contribution in [0.25, 0.3) is 17.3 Å². The number of allylic oxidation sites excluding steroid dienone is 1. The normalized spacial score (nSPS) is 16.6. The maximum Gasteiger partial charge on any atom is 0.451 e. The molecule has 5 nitrogen and oxygen atoms in total. The van der Waals surface area contributed by atoms with Gasteiger partial charge in [0, 0.05) is 24.6 Å². The summed E-state index contributed by atoms with van der Waals surface area (Å²) in [5.41, 5.74) is 4.50. The summed E-state index contributed by atoms with van der Waals surface area (Å²) < 4.78 is 41.3. The van der Waals surface area contributed by atoms with Crippen LogP contribution in [0.2, 0.25) is 0 Å². The van der Waals surface area contributed by atoms with Crippen LogP contribution >= 0.6 is 0 Å². The largest absolute Gasteiger partial charge is 0.451 e. The third-order valence-corrected chi connectivity index (χ3v) is 6.93. The Bertz CT molecular complexity index is 1390. The number of fused-ring (bicyclic) bond motifs is 1. The number of benzene rings is 2. The minimum Gasteiger partial charge on any atom is -0.346 e. The molecule has 1 aromatic heterocycles. The van der Waals surface area contributed by atoms with E-state index in [0.717, 1.165) is 23.1 Å². The number of anilines is 1. The summed E-state index contributed by atoms with van der Waals surface area (Å²) in [6.07, 6.45) is 3.00. The van der Waals surface area contributed by atoms with Crippen LogP contribution in [0.5, 0.6) is 0 Å². The average Bonchev–Trinajstić information content (AvgIpc) is 3.58. The predicted molar refractivity (Wildman–Crippen MR) is 135 cm³/mol. The lowest BCUT2D eigenvalue weighted by Crippen LogP contribution is -2.37. The number of rotatable bonds is 7. The number of halogens is 3. The van der Waals surface area contributed by atoms with Crippen molar-refractivity contribution < 1.29 is 18.0 Å². The first-order chi connectivity index (χ1) is 17.8. The number of alkyl halides is 3. The molecule has 1 aliphatic heterocycles. The summed E-state index contributed by atoms with van der Waals surface area (Å²) in [6.45, 7) is 0.465. The lowest BCUT2D eigenvalue weighted by Gasteiger charge is -2.26. The summed E-state index contributed by atoms with van der Waals surface area (Å²) in [5.74, 6) is -1.06. The van der Waals surface area contributed by atoms with Crippen LogP contribution in [0.15, 0.2) is 54.6 Å². The Hall–Kier alpha value is -3.99. The minimum atomic E-state index is -4.71. The molecule has 1 saturated heterocycles. The fourth-order valence-electron chi connectivity index (χ4n) is 5.02. The van der Waals surface area contributed by atoms with Crippen LogP contribution < -0.4 is 4.90 Å². The van der Waals surface area contributed by atoms with E-state index >= 15 is 0 Å². The standard InChI is InChI=1S/C29H25F3N4O/c30-29(31,32)28-34-24(23-14-13-21-5-2-6-22(21)16-23)17-27(35-28)36-15-3-7-25(36)26(37)8-1-4-19-9-11-20(18-33)12-10-19/h2,6,9-14,16-17,25H,1,3-5,7-8,15H2/t25-/m0/s1. The van der Waals surface area contributed by atoms with Gasteiger partial charge >= 0.3 is 6.18 Å². The molecule has 188 valence electrons. The fourth-order valence-corrected chi connectivity index (χ4v) is 5.02. The van der Waals surface area contributed by atoms with Gasteiger partial charge in [-0.3, -0.25) is 4.79 Å². The van der Waals surface area contributed by atoms with E-state index in [0.29, 0.717) is 49.8 Å². The molecule has 0 N–H and O–H groups in total. The summed E-state index contributed by atoms with van der Waals surface area (Å²) in [4.78, 5) is 22.5. The van der Waals surface area contributed by atoms with Gasteiger partial charge < -0.3 is 4.90 Å². The van der Waals surface area contributed by atoms with Crippen LogP contribution in [-0.4, -0.2) is 28.3 Å². The lowest BCUT2D eigenvalue weighted by atomic mass is 10.0. The summed E-state index contributed by atoms with van der Waals surface area (Å²) >= 11 is 0. The van der Waals surface area contributed by atoms with E-state index in [2.05, 4.69) is 16.0 Å². The first-order valence-electron chi connectivity index (χ1n) is 12.4. The molecule has 0 amide bonds. The van der Waals surface area contributed by atoms with Crippen molar-refractivity contribution in [2.45, 2.75) is 50.7 Å². The van der Waals surface area contributed by atoms with Crippen molar-refractivity contribution in [1.29, 1.82) is 5.26 Å². The predicted octanol–water partition coefficient (Wildman–Crippen LogP) is 6.16. The van der Waals surface area contributed by atoms with Crippen LogP contribution in [0.4, 0.5) is 19.0 Å². The number of nitriles is 1. The Kier molecular flexibility index (Phi) is 6.79. The van der Waals surface area contributed by atoms with Crippen molar-refractivity contribution in [3.63, 3.8) is 0 Å². The lowest BCUT2D eigenvalue weighted by molar-refractivity contribution is -0.144. The van der Waals surface area contributed by atoms with Crippen LogP contribution in [0, 0.1) is 11.3 Å². The molecular weight excluding hydrogens is 477 g/mol.